The van der Waals surface area contributed by atoms with Gasteiger partial charge in [0.15, 0.2) is 0 Å². The molecule has 0 aliphatic heterocycles. The first-order valence-corrected chi connectivity index (χ1v) is 5.57. The third-order valence-electron chi connectivity index (χ3n) is 3.53. The Morgan fingerprint density at radius 1 is 1.50 bits per heavy atom. The van der Waals surface area contributed by atoms with Crippen LogP contribution in [-0.4, -0.2) is 18.3 Å². The van der Waals surface area contributed by atoms with Crippen LogP contribution in [0.15, 0.2) is 18.2 Å². The number of rotatable bonds is 2. The van der Waals surface area contributed by atoms with Gasteiger partial charge in [-0.05, 0) is 42.9 Å². The van der Waals surface area contributed by atoms with Gasteiger partial charge < -0.3 is 9.84 Å². The zero-order chi connectivity index (χ0) is 11.8. The summed E-state index contributed by atoms with van der Waals surface area (Å²) in [6.07, 6.45) is 2.04. The average Bonchev–Trinajstić information content (AvgIpc) is 2.60. The Bertz CT molecular complexity index is 392. The molecule has 1 aromatic carbocycles. The van der Waals surface area contributed by atoms with Gasteiger partial charge in [-0.2, -0.15) is 0 Å². The lowest BCUT2D eigenvalue weighted by Crippen LogP contribution is -2.20. The van der Waals surface area contributed by atoms with E-state index in [1.54, 1.807) is 13.2 Å². The summed E-state index contributed by atoms with van der Waals surface area (Å²) in [5.41, 5.74) is 0.693. The van der Waals surface area contributed by atoms with Crippen molar-refractivity contribution in [1.29, 1.82) is 0 Å². The molecule has 1 N–H and O–H groups in total. The van der Waals surface area contributed by atoms with Crippen LogP contribution in [0.5, 0.6) is 5.75 Å². The third-order valence-corrected chi connectivity index (χ3v) is 3.53. The average molecular weight is 224 g/mol. The van der Waals surface area contributed by atoms with E-state index < -0.39 is 0 Å². The minimum absolute atomic E-state index is 0.174. The molecule has 0 heterocycles. The second-order valence-corrected chi connectivity index (χ2v) is 4.80. The van der Waals surface area contributed by atoms with E-state index in [0.29, 0.717) is 12.2 Å². The van der Waals surface area contributed by atoms with Gasteiger partial charge in [-0.1, -0.05) is 6.92 Å². The van der Waals surface area contributed by atoms with E-state index in [2.05, 4.69) is 6.92 Å². The molecule has 0 radical (unpaired) electrons. The maximum absolute atomic E-state index is 13.3. The Hall–Kier alpha value is -1.09. The van der Waals surface area contributed by atoms with Crippen molar-refractivity contribution in [3.63, 3.8) is 0 Å². The van der Waals surface area contributed by atoms with E-state index in [4.69, 9.17) is 4.74 Å². The minimum atomic E-state index is -0.280. The molecule has 2 atom stereocenters. The van der Waals surface area contributed by atoms with Crippen LogP contribution in [0.4, 0.5) is 4.39 Å². The zero-order valence-corrected chi connectivity index (χ0v) is 9.66. The van der Waals surface area contributed by atoms with Gasteiger partial charge in [0.2, 0.25) is 0 Å². The molecule has 1 aliphatic carbocycles. The van der Waals surface area contributed by atoms with Crippen molar-refractivity contribution < 1.29 is 14.2 Å². The normalized spacial score (nSPS) is 29.4. The van der Waals surface area contributed by atoms with E-state index in [1.165, 1.54) is 12.1 Å². The molecular formula is C13H17FO2. The molecule has 2 unspecified atom stereocenters. The Kier molecular flexibility index (Phi) is 2.89. The van der Waals surface area contributed by atoms with Gasteiger partial charge in [0.1, 0.15) is 11.6 Å². The third kappa shape index (κ3) is 1.92. The lowest BCUT2D eigenvalue weighted by molar-refractivity contribution is 0.175. The lowest BCUT2D eigenvalue weighted by atomic mass is 9.80. The Labute approximate surface area is 95.1 Å². The van der Waals surface area contributed by atoms with Crippen molar-refractivity contribution in [2.45, 2.75) is 37.7 Å². The van der Waals surface area contributed by atoms with Crippen LogP contribution < -0.4 is 4.74 Å². The number of methoxy groups -OCH3 is 1. The molecule has 16 heavy (non-hydrogen) atoms. The van der Waals surface area contributed by atoms with Crippen LogP contribution in [0.2, 0.25) is 0 Å². The highest BCUT2D eigenvalue weighted by molar-refractivity contribution is 5.40. The summed E-state index contributed by atoms with van der Waals surface area (Å²) in [5, 5.41) is 9.62. The maximum atomic E-state index is 13.3. The van der Waals surface area contributed by atoms with E-state index >= 15 is 0 Å². The number of benzene rings is 1. The van der Waals surface area contributed by atoms with Gasteiger partial charge >= 0.3 is 0 Å². The first-order chi connectivity index (χ1) is 7.55. The number of halogens is 1. The molecule has 1 saturated carbocycles. The first-order valence-electron chi connectivity index (χ1n) is 5.57. The summed E-state index contributed by atoms with van der Waals surface area (Å²) in [7, 11) is 1.59. The highest BCUT2D eigenvalue weighted by atomic mass is 19.1. The Morgan fingerprint density at radius 2 is 2.25 bits per heavy atom. The van der Waals surface area contributed by atoms with E-state index in [1.807, 2.05) is 0 Å². The Balaban J connectivity index is 2.42. The molecular weight excluding hydrogens is 207 g/mol. The second kappa shape index (κ2) is 4.06. The largest absolute Gasteiger partial charge is 0.496 e. The smallest absolute Gasteiger partial charge is 0.123 e. The number of hydrogen-bond donors (Lipinski definition) is 1. The van der Waals surface area contributed by atoms with Gasteiger partial charge in [0.05, 0.1) is 13.2 Å². The molecule has 0 spiro atoms. The molecule has 2 rings (SSSR count). The molecule has 3 heteroatoms. The van der Waals surface area contributed by atoms with Crippen molar-refractivity contribution in [2.75, 3.05) is 7.11 Å². The molecule has 0 saturated heterocycles. The fraction of sp³-hybridized carbons (Fsp3) is 0.538. The number of aliphatic hydroxyl groups is 1. The van der Waals surface area contributed by atoms with Crippen LogP contribution >= 0.6 is 0 Å². The van der Waals surface area contributed by atoms with Crippen molar-refractivity contribution in [2.24, 2.45) is 0 Å². The quantitative estimate of drug-likeness (QED) is 0.836. The number of aliphatic hydroxyl groups excluding tert-OH is 1. The predicted octanol–water partition coefficient (Wildman–Crippen LogP) is 2.64. The van der Waals surface area contributed by atoms with E-state index in [0.717, 1.165) is 18.4 Å². The topological polar surface area (TPSA) is 29.5 Å². The second-order valence-electron chi connectivity index (χ2n) is 4.80. The molecule has 1 aromatic rings. The molecule has 0 amide bonds. The Morgan fingerprint density at radius 3 is 2.81 bits per heavy atom. The highest BCUT2D eigenvalue weighted by Gasteiger charge is 2.37. The molecule has 2 nitrogen and oxygen atoms in total. The maximum Gasteiger partial charge on any atom is 0.123 e. The standard InChI is InChI=1S/C13H17FO2/c1-13(6-5-10(15)8-13)11-7-9(14)3-4-12(11)16-2/h3-4,7,10,15H,5-6,8H2,1-2H3. The molecule has 0 aromatic heterocycles. The molecule has 88 valence electrons. The van der Waals surface area contributed by atoms with E-state index in [9.17, 15) is 9.50 Å². The molecule has 1 fully saturated rings. The molecule has 1 aliphatic rings. The van der Waals surface area contributed by atoms with Crippen molar-refractivity contribution in [1.82, 2.24) is 0 Å². The van der Waals surface area contributed by atoms with Crippen LogP contribution in [0.3, 0.4) is 0 Å². The van der Waals surface area contributed by atoms with Crippen LogP contribution in [0.25, 0.3) is 0 Å². The SMILES string of the molecule is COc1ccc(F)cc1C1(C)CCC(O)C1. The zero-order valence-electron chi connectivity index (χ0n) is 9.66. The van der Waals surface area contributed by atoms with Crippen LogP contribution in [0, 0.1) is 5.82 Å². The lowest BCUT2D eigenvalue weighted by Gasteiger charge is -2.26. The highest BCUT2D eigenvalue weighted by Crippen LogP contribution is 2.44. The summed E-state index contributed by atoms with van der Waals surface area (Å²) in [6, 6.07) is 4.58. The minimum Gasteiger partial charge on any atom is -0.496 e. The van der Waals surface area contributed by atoms with Gasteiger partial charge in [0, 0.05) is 5.56 Å². The van der Waals surface area contributed by atoms with Crippen molar-refractivity contribution >= 4 is 0 Å². The summed E-state index contributed by atoms with van der Waals surface area (Å²) >= 11 is 0. The summed E-state index contributed by atoms with van der Waals surface area (Å²) < 4.78 is 18.6. The van der Waals surface area contributed by atoms with E-state index in [-0.39, 0.29) is 17.3 Å². The van der Waals surface area contributed by atoms with Gasteiger partial charge in [0.25, 0.3) is 0 Å². The first kappa shape index (κ1) is 11.4. The fourth-order valence-electron chi connectivity index (χ4n) is 2.61. The van der Waals surface area contributed by atoms with Gasteiger partial charge in [-0.15, -0.1) is 0 Å². The van der Waals surface area contributed by atoms with Crippen molar-refractivity contribution in [3.05, 3.63) is 29.6 Å². The van der Waals surface area contributed by atoms with Crippen LogP contribution in [0.1, 0.15) is 31.7 Å². The summed E-state index contributed by atoms with van der Waals surface area (Å²) in [6.45, 7) is 2.06. The van der Waals surface area contributed by atoms with Crippen LogP contribution in [-0.2, 0) is 5.41 Å². The number of hydrogen-bond acceptors (Lipinski definition) is 2. The summed E-state index contributed by atoms with van der Waals surface area (Å²) in [4.78, 5) is 0. The van der Waals surface area contributed by atoms with Gasteiger partial charge in [-0.25, -0.2) is 4.39 Å². The fourth-order valence-corrected chi connectivity index (χ4v) is 2.61. The van der Waals surface area contributed by atoms with Crippen molar-refractivity contribution in [3.8, 4) is 5.75 Å². The number of ether oxygens (including phenoxy) is 1. The summed E-state index contributed by atoms with van der Waals surface area (Å²) in [5.74, 6) is 0.455. The van der Waals surface area contributed by atoms with Gasteiger partial charge in [-0.3, -0.25) is 0 Å². The molecule has 0 bridgehead atoms. The predicted molar refractivity (Wildman–Crippen MR) is 60.2 cm³/mol. The monoisotopic (exact) mass is 224 g/mol.